The molecule has 0 saturated heterocycles. The molecule has 2 rings (SSSR count). The Labute approximate surface area is 115 Å². The van der Waals surface area contributed by atoms with E-state index in [-0.39, 0.29) is 5.82 Å². The first kappa shape index (κ1) is 13.3. The van der Waals surface area contributed by atoms with Gasteiger partial charge in [-0.15, -0.1) is 0 Å². The van der Waals surface area contributed by atoms with Crippen molar-refractivity contribution in [2.75, 3.05) is 6.54 Å². The molecule has 0 fully saturated rings. The molecule has 0 aliphatic heterocycles. The molecule has 0 amide bonds. The zero-order valence-corrected chi connectivity index (χ0v) is 11.1. The Balaban J connectivity index is 2.50. The van der Waals surface area contributed by atoms with Crippen LogP contribution in [0.4, 0.5) is 4.39 Å². The largest absolute Gasteiger partial charge is 0.330 e. The van der Waals surface area contributed by atoms with Crippen LogP contribution in [-0.2, 0) is 6.42 Å². The molecule has 0 bridgehead atoms. The molecule has 0 aromatic heterocycles. The zero-order valence-electron chi connectivity index (χ0n) is 9.59. The van der Waals surface area contributed by atoms with E-state index in [1.165, 1.54) is 0 Å². The number of halogens is 3. The van der Waals surface area contributed by atoms with Crippen LogP contribution in [0.25, 0.3) is 11.1 Å². The monoisotopic (exact) mass is 283 g/mol. The summed E-state index contributed by atoms with van der Waals surface area (Å²) in [4.78, 5) is 0. The van der Waals surface area contributed by atoms with Crippen molar-refractivity contribution < 1.29 is 4.39 Å². The SMILES string of the molecule is NCCc1cccc(-c2ccc(Cl)c(Cl)c2)c1F. The highest BCUT2D eigenvalue weighted by Crippen LogP contribution is 2.30. The van der Waals surface area contributed by atoms with Gasteiger partial charge >= 0.3 is 0 Å². The molecule has 0 unspecified atom stereocenters. The van der Waals surface area contributed by atoms with E-state index < -0.39 is 0 Å². The van der Waals surface area contributed by atoms with Crippen LogP contribution in [-0.4, -0.2) is 6.54 Å². The molecular formula is C14H12Cl2FN. The van der Waals surface area contributed by atoms with Crippen molar-refractivity contribution in [2.24, 2.45) is 5.73 Å². The van der Waals surface area contributed by atoms with E-state index in [9.17, 15) is 4.39 Å². The summed E-state index contributed by atoms with van der Waals surface area (Å²) >= 11 is 11.8. The molecule has 0 atom stereocenters. The first-order valence-electron chi connectivity index (χ1n) is 5.56. The Morgan fingerprint density at radius 2 is 1.83 bits per heavy atom. The highest BCUT2D eigenvalue weighted by molar-refractivity contribution is 6.42. The van der Waals surface area contributed by atoms with Gasteiger partial charge in [-0.2, -0.15) is 0 Å². The van der Waals surface area contributed by atoms with Crippen LogP contribution in [0.1, 0.15) is 5.56 Å². The average Bonchev–Trinajstić information content (AvgIpc) is 2.36. The fraction of sp³-hybridized carbons (Fsp3) is 0.143. The predicted molar refractivity (Wildman–Crippen MR) is 74.6 cm³/mol. The quantitative estimate of drug-likeness (QED) is 0.893. The summed E-state index contributed by atoms with van der Waals surface area (Å²) in [6.07, 6.45) is 0.515. The number of hydrogen-bond donors (Lipinski definition) is 1. The van der Waals surface area contributed by atoms with Crippen LogP contribution in [0.2, 0.25) is 10.0 Å². The molecule has 0 saturated carbocycles. The number of rotatable bonds is 3. The van der Waals surface area contributed by atoms with Crippen molar-refractivity contribution in [1.29, 1.82) is 0 Å². The summed E-state index contributed by atoms with van der Waals surface area (Å²) in [6.45, 7) is 0.418. The summed E-state index contributed by atoms with van der Waals surface area (Å²) in [6, 6.07) is 10.3. The molecule has 2 aromatic rings. The maximum atomic E-state index is 14.2. The molecule has 4 heteroatoms. The zero-order chi connectivity index (χ0) is 13.1. The Morgan fingerprint density at radius 1 is 1.06 bits per heavy atom. The third-order valence-corrected chi connectivity index (χ3v) is 3.46. The lowest BCUT2D eigenvalue weighted by molar-refractivity contribution is 0.613. The fourth-order valence-corrected chi connectivity index (χ4v) is 2.11. The van der Waals surface area contributed by atoms with Gasteiger partial charge in [-0.3, -0.25) is 0 Å². The summed E-state index contributed by atoms with van der Waals surface area (Å²) < 4.78 is 14.2. The second kappa shape index (κ2) is 5.70. The van der Waals surface area contributed by atoms with E-state index in [0.717, 1.165) is 0 Å². The molecular weight excluding hydrogens is 272 g/mol. The highest BCUT2D eigenvalue weighted by Gasteiger charge is 2.10. The highest BCUT2D eigenvalue weighted by atomic mass is 35.5. The minimum Gasteiger partial charge on any atom is -0.330 e. The number of hydrogen-bond acceptors (Lipinski definition) is 1. The minimum absolute atomic E-state index is 0.249. The minimum atomic E-state index is -0.249. The van der Waals surface area contributed by atoms with Gasteiger partial charge in [0, 0.05) is 5.56 Å². The molecule has 2 aromatic carbocycles. The van der Waals surface area contributed by atoms with Crippen molar-refractivity contribution in [2.45, 2.75) is 6.42 Å². The molecule has 1 nitrogen and oxygen atoms in total. The van der Waals surface area contributed by atoms with Gasteiger partial charge in [0.05, 0.1) is 10.0 Å². The van der Waals surface area contributed by atoms with Gasteiger partial charge < -0.3 is 5.73 Å². The average molecular weight is 284 g/mol. The Kier molecular flexibility index (Phi) is 4.23. The lowest BCUT2D eigenvalue weighted by atomic mass is 10.0. The lowest BCUT2D eigenvalue weighted by Crippen LogP contribution is -2.05. The molecule has 0 spiro atoms. The van der Waals surface area contributed by atoms with Gasteiger partial charge in [0.25, 0.3) is 0 Å². The van der Waals surface area contributed by atoms with Gasteiger partial charge in [0.1, 0.15) is 5.82 Å². The Morgan fingerprint density at radius 3 is 2.50 bits per heavy atom. The van der Waals surface area contributed by atoms with Gasteiger partial charge in [0.15, 0.2) is 0 Å². The summed E-state index contributed by atoms with van der Waals surface area (Å²) in [7, 11) is 0. The molecule has 2 N–H and O–H groups in total. The molecule has 94 valence electrons. The summed E-state index contributed by atoms with van der Waals surface area (Å²) in [5.41, 5.74) is 7.29. The second-order valence-electron chi connectivity index (χ2n) is 3.95. The van der Waals surface area contributed by atoms with Gasteiger partial charge in [-0.05, 0) is 36.2 Å². The lowest BCUT2D eigenvalue weighted by Gasteiger charge is -2.08. The molecule has 0 aliphatic carbocycles. The van der Waals surface area contributed by atoms with Crippen LogP contribution < -0.4 is 5.73 Å². The molecule has 18 heavy (non-hydrogen) atoms. The third-order valence-electron chi connectivity index (χ3n) is 2.72. The topological polar surface area (TPSA) is 26.0 Å². The predicted octanol–water partition coefficient (Wildman–Crippen LogP) is 4.30. The first-order valence-corrected chi connectivity index (χ1v) is 6.32. The third kappa shape index (κ3) is 2.66. The maximum Gasteiger partial charge on any atom is 0.134 e. The van der Waals surface area contributed by atoms with E-state index in [4.69, 9.17) is 28.9 Å². The summed E-state index contributed by atoms with van der Waals surface area (Å²) in [5, 5.41) is 0.872. The maximum absolute atomic E-state index is 14.2. The van der Waals surface area contributed by atoms with Crippen molar-refractivity contribution >= 4 is 23.2 Å². The van der Waals surface area contributed by atoms with Gasteiger partial charge in [0.2, 0.25) is 0 Å². The Bertz CT molecular complexity index is 570. The normalized spacial score (nSPS) is 10.7. The Hall–Kier alpha value is -1.09. The molecule has 0 heterocycles. The fourth-order valence-electron chi connectivity index (χ4n) is 1.81. The van der Waals surface area contributed by atoms with Crippen molar-refractivity contribution in [1.82, 2.24) is 0 Å². The van der Waals surface area contributed by atoms with Crippen LogP contribution >= 0.6 is 23.2 Å². The van der Waals surface area contributed by atoms with Gasteiger partial charge in [-0.1, -0.05) is 47.5 Å². The smallest absolute Gasteiger partial charge is 0.134 e. The van der Waals surface area contributed by atoms with E-state index in [1.54, 1.807) is 30.3 Å². The standard InChI is InChI=1S/C14H12Cl2FN/c15-12-5-4-10(8-13(12)16)11-3-1-2-9(6-7-18)14(11)17/h1-5,8H,6-7,18H2. The van der Waals surface area contributed by atoms with E-state index in [1.807, 2.05) is 6.07 Å². The van der Waals surface area contributed by atoms with Crippen LogP contribution in [0, 0.1) is 5.82 Å². The van der Waals surface area contributed by atoms with Gasteiger partial charge in [-0.25, -0.2) is 4.39 Å². The van der Waals surface area contributed by atoms with Crippen molar-refractivity contribution in [3.63, 3.8) is 0 Å². The number of benzene rings is 2. The van der Waals surface area contributed by atoms with Crippen molar-refractivity contribution in [3.05, 3.63) is 57.8 Å². The molecule has 0 radical (unpaired) electrons. The van der Waals surface area contributed by atoms with Crippen LogP contribution in [0.15, 0.2) is 36.4 Å². The van der Waals surface area contributed by atoms with Crippen LogP contribution in [0.5, 0.6) is 0 Å². The van der Waals surface area contributed by atoms with E-state index in [0.29, 0.717) is 39.7 Å². The van der Waals surface area contributed by atoms with E-state index in [2.05, 4.69) is 0 Å². The first-order chi connectivity index (χ1) is 8.63. The van der Waals surface area contributed by atoms with E-state index >= 15 is 0 Å². The molecule has 0 aliphatic rings. The van der Waals surface area contributed by atoms with Crippen molar-refractivity contribution in [3.8, 4) is 11.1 Å². The summed E-state index contributed by atoms with van der Waals surface area (Å²) in [5.74, 6) is -0.249. The van der Waals surface area contributed by atoms with Crippen LogP contribution in [0.3, 0.4) is 0 Å². The number of nitrogens with two attached hydrogens (primary N) is 1. The second-order valence-corrected chi connectivity index (χ2v) is 4.76.